The van der Waals surface area contributed by atoms with Gasteiger partial charge in [-0.05, 0) is 31.5 Å². The number of amides is 1. The number of hydrogen-bond donors (Lipinski definition) is 2. The molecule has 6 heteroatoms. The van der Waals surface area contributed by atoms with E-state index < -0.39 is 5.54 Å². The Morgan fingerprint density at radius 1 is 1.11 bits per heavy atom. The van der Waals surface area contributed by atoms with Gasteiger partial charge in [0.25, 0.3) is 0 Å². The molecule has 1 amide bonds. The molecule has 0 fully saturated rings. The van der Waals surface area contributed by atoms with Gasteiger partial charge in [-0.3, -0.25) is 4.79 Å². The number of rotatable bonds is 7. The van der Waals surface area contributed by atoms with Gasteiger partial charge >= 0.3 is 0 Å². The SMILES string of the molecule is Cc1ccc(N[C@@](C)(C(=O)NCc2nc(C(C)C)no2)c2ccccc2)cc1. The predicted molar refractivity (Wildman–Crippen MR) is 109 cm³/mol. The first-order valence-corrected chi connectivity index (χ1v) is 9.39. The van der Waals surface area contributed by atoms with Gasteiger partial charge in [0.2, 0.25) is 11.8 Å². The Bertz CT molecular complexity index is 919. The lowest BCUT2D eigenvalue weighted by Crippen LogP contribution is -2.47. The summed E-state index contributed by atoms with van der Waals surface area (Å²) in [5.41, 5.74) is 1.93. The van der Waals surface area contributed by atoms with Gasteiger partial charge in [-0.15, -0.1) is 0 Å². The van der Waals surface area contributed by atoms with Gasteiger partial charge in [0.1, 0.15) is 5.54 Å². The molecule has 0 saturated carbocycles. The number of aromatic nitrogens is 2. The lowest BCUT2D eigenvalue weighted by atomic mass is 9.90. The molecule has 2 N–H and O–H groups in total. The van der Waals surface area contributed by atoms with Crippen LogP contribution in [-0.2, 0) is 16.9 Å². The minimum absolute atomic E-state index is 0.172. The third kappa shape index (κ3) is 4.39. The van der Waals surface area contributed by atoms with Crippen molar-refractivity contribution in [2.24, 2.45) is 0 Å². The fourth-order valence-corrected chi connectivity index (χ4v) is 2.86. The van der Waals surface area contributed by atoms with Crippen molar-refractivity contribution in [2.75, 3.05) is 5.32 Å². The molecule has 0 aliphatic heterocycles. The van der Waals surface area contributed by atoms with Crippen molar-refractivity contribution in [3.8, 4) is 0 Å². The van der Waals surface area contributed by atoms with Gasteiger partial charge in [-0.2, -0.15) is 4.98 Å². The first kappa shape index (κ1) is 19.6. The zero-order valence-corrected chi connectivity index (χ0v) is 16.7. The zero-order chi connectivity index (χ0) is 20.1. The third-order valence-corrected chi connectivity index (χ3v) is 4.65. The van der Waals surface area contributed by atoms with Crippen molar-refractivity contribution < 1.29 is 9.32 Å². The van der Waals surface area contributed by atoms with Crippen LogP contribution in [0, 0.1) is 6.92 Å². The van der Waals surface area contributed by atoms with E-state index in [1.54, 1.807) is 0 Å². The highest BCUT2D eigenvalue weighted by molar-refractivity contribution is 5.90. The fourth-order valence-electron chi connectivity index (χ4n) is 2.86. The Morgan fingerprint density at radius 2 is 1.79 bits per heavy atom. The van der Waals surface area contributed by atoms with Crippen LogP contribution < -0.4 is 10.6 Å². The van der Waals surface area contributed by atoms with E-state index in [1.165, 1.54) is 0 Å². The smallest absolute Gasteiger partial charge is 0.250 e. The molecule has 0 unspecified atom stereocenters. The summed E-state index contributed by atoms with van der Waals surface area (Å²) in [6, 6.07) is 17.6. The van der Waals surface area contributed by atoms with E-state index in [9.17, 15) is 4.79 Å². The van der Waals surface area contributed by atoms with Crippen LogP contribution in [-0.4, -0.2) is 16.0 Å². The predicted octanol–water partition coefficient (Wildman–Crippen LogP) is 4.15. The van der Waals surface area contributed by atoms with Gasteiger partial charge in [0.05, 0.1) is 6.54 Å². The second kappa shape index (κ2) is 8.25. The van der Waals surface area contributed by atoms with Crippen molar-refractivity contribution in [1.82, 2.24) is 15.5 Å². The minimum Gasteiger partial charge on any atom is -0.368 e. The first-order chi connectivity index (χ1) is 13.4. The second-order valence-electron chi connectivity index (χ2n) is 7.37. The number of benzene rings is 2. The molecule has 146 valence electrons. The van der Waals surface area contributed by atoms with E-state index in [0.717, 1.165) is 16.8 Å². The fraction of sp³-hybridized carbons (Fsp3) is 0.318. The van der Waals surface area contributed by atoms with Crippen LogP contribution in [0.3, 0.4) is 0 Å². The Balaban J connectivity index is 1.81. The molecule has 0 radical (unpaired) electrons. The number of nitrogens with one attached hydrogen (secondary N) is 2. The maximum Gasteiger partial charge on any atom is 0.250 e. The molecule has 0 saturated heterocycles. The van der Waals surface area contributed by atoms with Crippen molar-refractivity contribution >= 4 is 11.6 Å². The molecule has 1 aromatic heterocycles. The number of carbonyl (C=O) groups excluding carboxylic acids is 1. The van der Waals surface area contributed by atoms with Crippen molar-refractivity contribution in [1.29, 1.82) is 0 Å². The molecule has 1 heterocycles. The topological polar surface area (TPSA) is 80.0 Å². The normalized spacial score (nSPS) is 13.2. The van der Waals surface area contributed by atoms with Gasteiger partial charge in [-0.1, -0.05) is 67.0 Å². The van der Waals surface area contributed by atoms with Crippen LogP contribution in [0.1, 0.15) is 49.5 Å². The van der Waals surface area contributed by atoms with Crippen LogP contribution in [0.25, 0.3) is 0 Å². The van der Waals surface area contributed by atoms with E-state index in [4.69, 9.17) is 4.52 Å². The monoisotopic (exact) mass is 378 g/mol. The second-order valence-corrected chi connectivity index (χ2v) is 7.37. The number of hydrogen-bond acceptors (Lipinski definition) is 5. The van der Waals surface area contributed by atoms with Crippen LogP contribution >= 0.6 is 0 Å². The molecule has 2 aromatic carbocycles. The van der Waals surface area contributed by atoms with Crippen LogP contribution in [0.4, 0.5) is 5.69 Å². The summed E-state index contributed by atoms with van der Waals surface area (Å²) < 4.78 is 5.23. The molecular weight excluding hydrogens is 352 g/mol. The maximum atomic E-state index is 13.2. The van der Waals surface area contributed by atoms with Crippen molar-refractivity contribution in [3.63, 3.8) is 0 Å². The molecule has 0 aliphatic rings. The molecule has 0 bridgehead atoms. The quantitative estimate of drug-likeness (QED) is 0.646. The summed E-state index contributed by atoms with van der Waals surface area (Å²) in [5.74, 6) is 1.02. The first-order valence-electron chi connectivity index (χ1n) is 9.39. The lowest BCUT2D eigenvalue weighted by molar-refractivity contribution is -0.125. The highest BCUT2D eigenvalue weighted by Gasteiger charge is 2.35. The maximum absolute atomic E-state index is 13.2. The van der Waals surface area contributed by atoms with E-state index in [1.807, 2.05) is 82.3 Å². The zero-order valence-electron chi connectivity index (χ0n) is 16.7. The molecule has 0 aliphatic carbocycles. The van der Waals surface area contributed by atoms with Gasteiger partial charge in [0.15, 0.2) is 5.82 Å². The standard InChI is InChI=1S/C22H26N4O2/c1-15(2)20-24-19(28-26-20)14-23-21(27)22(4,17-8-6-5-7-9-17)25-18-12-10-16(3)11-13-18/h5-13,15,25H,14H2,1-4H3,(H,23,27)/t22-/m1/s1. The van der Waals surface area contributed by atoms with Gasteiger partial charge in [-0.25, -0.2) is 0 Å². The Labute approximate surface area is 165 Å². The average Bonchev–Trinajstić information content (AvgIpc) is 3.18. The minimum atomic E-state index is -0.961. The average molecular weight is 378 g/mol. The van der Waals surface area contributed by atoms with Crippen LogP contribution in [0.5, 0.6) is 0 Å². The molecule has 3 rings (SSSR count). The van der Waals surface area contributed by atoms with Gasteiger partial charge in [0, 0.05) is 11.6 Å². The van der Waals surface area contributed by atoms with Gasteiger partial charge < -0.3 is 15.2 Å². The largest absolute Gasteiger partial charge is 0.368 e. The number of nitrogens with zero attached hydrogens (tertiary/aromatic N) is 2. The molecule has 1 atom stereocenters. The molecule has 6 nitrogen and oxygen atoms in total. The molecular formula is C22H26N4O2. The van der Waals surface area contributed by atoms with Crippen molar-refractivity contribution in [2.45, 2.75) is 45.7 Å². The summed E-state index contributed by atoms with van der Waals surface area (Å²) in [4.78, 5) is 17.5. The summed E-state index contributed by atoms with van der Waals surface area (Å²) >= 11 is 0. The molecule has 28 heavy (non-hydrogen) atoms. The summed E-state index contributed by atoms with van der Waals surface area (Å²) in [6.07, 6.45) is 0. The third-order valence-electron chi connectivity index (χ3n) is 4.65. The Hall–Kier alpha value is -3.15. The number of carbonyl (C=O) groups is 1. The number of aryl methyl sites for hydroxylation is 1. The van der Waals surface area contributed by atoms with Crippen molar-refractivity contribution in [3.05, 3.63) is 77.4 Å². The van der Waals surface area contributed by atoms with E-state index in [0.29, 0.717) is 11.7 Å². The molecule has 0 spiro atoms. The van der Waals surface area contributed by atoms with E-state index in [2.05, 4.69) is 20.8 Å². The molecule has 3 aromatic rings. The summed E-state index contributed by atoms with van der Waals surface area (Å²) in [7, 11) is 0. The van der Waals surface area contributed by atoms with E-state index in [-0.39, 0.29) is 18.4 Å². The Morgan fingerprint density at radius 3 is 2.39 bits per heavy atom. The van der Waals surface area contributed by atoms with Crippen LogP contribution in [0.2, 0.25) is 0 Å². The lowest BCUT2D eigenvalue weighted by Gasteiger charge is -2.31. The summed E-state index contributed by atoms with van der Waals surface area (Å²) in [5, 5.41) is 10.2. The highest BCUT2D eigenvalue weighted by Crippen LogP contribution is 2.27. The highest BCUT2D eigenvalue weighted by atomic mass is 16.5. The Kier molecular flexibility index (Phi) is 5.78. The number of anilines is 1. The summed E-state index contributed by atoms with van der Waals surface area (Å²) in [6.45, 7) is 8.06. The van der Waals surface area contributed by atoms with Crippen LogP contribution in [0.15, 0.2) is 59.1 Å². The van der Waals surface area contributed by atoms with E-state index >= 15 is 0 Å².